The highest BCUT2D eigenvalue weighted by atomic mass is 16.5. The number of carbonyl (C=O) groups excluding carboxylic acids is 1. The van der Waals surface area contributed by atoms with Crippen molar-refractivity contribution in [2.45, 2.75) is 63.4 Å². The Morgan fingerprint density at radius 3 is 2.81 bits per heavy atom. The first-order valence-electron chi connectivity index (χ1n) is 9.69. The third-order valence-electron chi connectivity index (χ3n) is 5.70. The fourth-order valence-electron chi connectivity index (χ4n) is 4.29. The highest BCUT2D eigenvalue weighted by molar-refractivity contribution is 5.68. The molecule has 1 heterocycles. The summed E-state index contributed by atoms with van der Waals surface area (Å²) >= 11 is 0. The molecule has 0 bridgehead atoms. The summed E-state index contributed by atoms with van der Waals surface area (Å²) in [7, 11) is 1.43. The standard InChI is InChI=1S/C21H30O5/c1-24-21(23)10-6-5-9-16-11-17-18(19(22)12-20(17)26-16)14-25-13-15-7-3-2-4-8-15/h2-4,7-8,16-20,22H,5-6,9-14H2,1H3/t16-,17-,18+,19-,20+/m1/s1. The van der Waals surface area contributed by atoms with Gasteiger partial charge in [0.05, 0.1) is 38.6 Å². The number of aliphatic hydroxyl groups is 1. The van der Waals surface area contributed by atoms with Crippen molar-refractivity contribution in [2.75, 3.05) is 13.7 Å². The molecule has 5 nitrogen and oxygen atoms in total. The van der Waals surface area contributed by atoms with Crippen LogP contribution < -0.4 is 0 Å². The van der Waals surface area contributed by atoms with E-state index in [1.807, 2.05) is 18.2 Å². The van der Waals surface area contributed by atoms with Gasteiger partial charge in [-0.05, 0) is 30.7 Å². The minimum absolute atomic E-state index is 0.145. The zero-order valence-electron chi connectivity index (χ0n) is 15.5. The molecule has 5 heteroatoms. The van der Waals surface area contributed by atoms with E-state index in [0.717, 1.165) is 31.2 Å². The molecule has 0 radical (unpaired) electrons. The Balaban J connectivity index is 1.39. The first-order chi connectivity index (χ1) is 12.7. The summed E-state index contributed by atoms with van der Waals surface area (Å²) in [6.07, 6.45) is 5.02. The Kier molecular flexibility index (Phi) is 7.06. The van der Waals surface area contributed by atoms with Crippen LogP contribution in [0.2, 0.25) is 0 Å². The highest BCUT2D eigenvalue weighted by Crippen LogP contribution is 2.44. The van der Waals surface area contributed by atoms with Gasteiger partial charge in [-0.3, -0.25) is 4.79 Å². The molecule has 2 fully saturated rings. The van der Waals surface area contributed by atoms with Crippen LogP contribution in [0.4, 0.5) is 0 Å². The third kappa shape index (κ3) is 5.06. The largest absolute Gasteiger partial charge is 0.469 e. The van der Waals surface area contributed by atoms with Gasteiger partial charge in [-0.2, -0.15) is 0 Å². The van der Waals surface area contributed by atoms with Crippen molar-refractivity contribution in [3.8, 4) is 0 Å². The van der Waals surface area contributed by atoms with Crippen LogP contribution in [0.25, 0.3) is 0 Å². The van der Waals surface area contributed by atoms with Crippen molar-refractivity contribution in [2.24, 2.45) is 11.8 Å². The van der Waals surface area contributed by atoms with Gasteiger partial charge in [0, 0.05) is 18.8 Å². The number of unbranched alkanes of at least 4 members (excludes halogenated alkanes) is 1. The molecule has 144 valence electrons. The van der Waals surface area contributed by atoms with E-state index in [2.05, 4.69) is 16.9 Å². The number of benzene rings is 1. The van der Waals surface area contributed by atoms with Crippen LogP contribution in [-0.2, 0) is 25.6 Å². The Morgan fingerprint density at radius 1 is 1.23 bits per heavy atom. The maximum absolute atomic E-state index is 11.2. The van der Waals surface area contributed by atoms with Crippen molar-refractivity contribution < 1.29 is 24.1 Å². The van der Waals surface area contributed by atoms with Gasteiger partial charge >= 0.3 is 5.97 Å². The number of esters is 1. The summed E-state index contributed by atoms with van der Waals surface area (Å²) in [4.78, 5) is 11.2. The van der Waals surface area contributed by atoms with Gasteiger partial charge in [0.15, 0.2) is 0 Å². The molecule has 0 aromatic heterocycles. The molecular weight excluding hydrogens is 332 g/mol. The second-order valence-electron chi connectivity index (χ2n) is 7.49. The van der Waals surface area contributed by atoms with E-state index in [-0.39, 0.29) is 30.2 Å². The molecule has 26 heavy (non-hydrogen) atoms. The molecule has 1 aromatic carbocycles. The number of aliphatic hydroxyl groups excluding tert-OH is 1. The normalized spacial score (nSPS) is 30.3. The molecule has 3 rings (SSSR count). The van der Waals surface area contributed by atoms with Gasteiger partial charge in [0.2, 0.25) is 0 Å². The fourth-order valence-corrected chi connectivity index (χ4v) is 4.29. The summed E-state index contributed by atoms with van der Waals surface area (Å²) < 4.78 is 16.7. The van der Waals surface area contributed by atoms with Crippen molar-refractivity contribution in [3.63, 3.8) is 0 Å². The summed E-state index contributed by atoms with van der Waals surface area (Å²) in [6.45, 7) is 1.16. The van der Waals surface area contributed by atoms with E-state index in [9.17, 15) is 9.90 Å². The molecule has 5 atom stereocenters. The monoisotopic (exact) mass is 362 g/mol. The highest BCUT2D eigenvalue weighted by Gasteiger charge is 2.48. The molecule has 1 aromatic rings. The van der Waals surface area contributed by atoms with Gasteiger partial charge in [-0.15, -0.1) is 0 Å². The van der Waals surface area contributed by atoms with Crippen LogP contribution in [0.1, 0.15) is 44.1 Å². The number of carbonyl (C=O) groups is 1. The maximum Gasteiger partial charge on any atom is 0.305 e. The molecule has 1 saturated carbocycles. The lowest BCUT2D eigenvalue weighted by Gasteiger charge is -2.21. The van der Waals surface area contributed by atoms with Crippen molar-refractivity contribution in [1.82, 2.24) is 0 Å². The van der Waals surface area contributed by atoms with Crippen molar-refractivity contribution in [3.05, 3.63) is 35.9 Å². The quantitative estimate of drug-likeness (QED) is 0.540. The summed E-state index contributed by atoms with van der Waals surface area (Å²) in [5.41, 5.74) is 1.16. The molecule has 1 N–H and O–H groups in total. The number of methoxy groups -OCH3 is 1. The minimum atomic E-state index is -0.332. The first-order valence-corrected chi connectivity index (χ1v) is 9.69. The van der Waals surface area contributed by atoms with Gasteiger partial charge in [0.1, 0.15) is 0 Å². The van der Waals surface area contributed by atoms with Crippen LogP contribution in [0.5, 0.6) is 0 Å². The molecule has 1 aliphatic heterocycles. The molecular formula is C21H30O5. The van der Waals surface area contributed by atoms with Gasteiger partial charge in [-0.25, -0.2) is 0 Å². The maximum atomic E-state index is 11.2. The van der Waals surface area contributed by atoms with E-state index >= 15 is 0 Å². The molecule has 2 aliphatic rings. The predicted molar refractivity (Wildman–Crippen MR) is 97.5 cm³/mol. The summed E-state index contributed by atoms with van der Waals surface area (Å²) in [6, 6.07) is 10.1. The number of fused-ring (bicyclic) bond motifs is 1. The Bertz CT molecular complexity index is 561. The first kappa shape index (κ1) is 19.3. The second-order valence-corrected chi connectivity index (χ2v) is 7.49. The summed E-state index contributed by atoms with van der Waals surface area (Å²) in [5, 5.41) is 10.4. The zero-order valence-corrected chi connectivity index (χ0v) is 15.5. The van der Waals surface area contributed by atoms with Gasteiger partial charge < -0.3 is 19.3 Å². The van der Waals surface area contributed by atoms with Crippen LogP contribution in [0, 0.1) is 11.8 Å². The van der Waals surface area contributed by atoms with Crippen LogP contribution in [-0.4, -0.2) is 43.1 Å². The SMILES string of the molecule is COC(=O)CCCC[C@@H]1C[C@@H]2[C@H](COCc3ccccc3)[C@H](O)C[C@@H]2O1. The number of hydrogen-bond donors (Lipinski definition) is 1. The van der Waals surface area contributed by atoms with Crippen LogP contribution in [0.15, 0.2) is 30.3 Å². The van der Waals surface area contributed by atoms with Gasteiger partial charge in [0.25, 0.3) is 0 Å². The number of hydrogen-bond acceptors (Lipinski definition) is 5. The average Bonchev–Trinajstić information content (AvgIpc) is 3.17. The molecule has 0 unspecified atom stereocenters. The van der Waals surface area contributed by atoms with Crippen LogP contribution in [0.3, 0.4) is 0 Å². The lowest BCUT2D eigenvalue weighted by atomic mass is 9.90. The number of ether oxygens (including phenoxy) is 3. The Morgan fingerprint density at radius 2 is 2.04 bits per heavy atom. The van der Waals surface area contributed by atoms with Gasteiger partial charge in [-0.1, -0.05) is 36.8 Å². The van der Waals surface area contributed by atoms with E-state index in [1.165, 1.54) is 7.11 Å². The fraction of sp³-hybridized carbons (Fsp3) is 0.667. The van der Waals surface area contributed by atoms with Crippen molar-refractivity contribution in [1.29, 1.82) is 0 Å². The topological polar surface area (TPSA) is 65.0 Å². The Labute approximate surface area is 155 Å². The third-order valence-corrected chi connectivity index (χ3v) is 5.70. The smallest absolute Gasteiger partial charge is 0.305 e. The van der Waals surface area contributed by atoms with Crippen LogP contribution >= 0.6 is 0 Å². The average molecular weight is 362 g/mol. The van der Waals surface area contributed by atoms with E-state index in [4.69, 9.17) is 9.47 Å². The zero-order chi connectivity index (χ0) is 18.4. The minimum Gasteiger partial charge on any atom is -0.469 e. The molecule has 1 aliphatic carbocycles. The predicted octanol–water partition coefficient (Wildman–Crippen LogP) is 3.09. The summed E-state index contributed by atoms with van der Waals surface area (Å²) in [5.74, 6) is 0.392. The molecule has 0 amide bonds. The molecule has 0 spiro atoms. The van der Waals surface area contributed by atoms with E-state index in [1.54, 1.807) is 0 Å². The lowest BCUT2D eigenvalue weighted by Crippen LogP contribution is -2.25. The molecule has 1 saturated heterocycles. The second kappa shape index (κ2) is 9.49. The van der Waals surface area contributed by atoms with E-state index in [0.29, 0.717) is 32.0 Å². The van der Waals surface area contributed by atoms with Crippen molar-refractivity contribution >= 4 is 5.97 Å². The lowest BCUT2D eigenvalue weighted by molar-refractivity contribution is -0.140. The van der Waals surface area contributed by atoms with E-state index < -0.39 is 0 Å². The number of rotatable bonds is 9. The Hall–Kier alpha value is -1.43.